The summed E-state index contributed by atoms with van der Waals surface area (Å²) in [5.41, 5.74) is 5.04. The molecule has 9 N–H and O–H groups in total. The second kappa shape index (κ2) is 25.6. The van der Waals surface area contributed by atoms with E-state index in [1.165, 1.54) is 6.92 Å². The molecule has 0 bridgehead atoms. The quantitative estimate of drug-likeness (QED) is 0.0417. The van der Waals surface area contributed by atoms with Crippen LogP contribution < -0.4 is 42.9 Å². The van der Waals surface area contributed by atoms with E-state index in [9.17, 15) is 28.8 Å². The van der Waals surface area contributed by atoms with Crippen LogP contribution >= 0.6 is 0 Å². The molecule has 1 unspecified atom stereocenters. The van der Waals surface area contributed by atoms with Gasteiger partial charge in [-0.15, -0.1) is 0 Å². The Morgan fingerprint density at radius 3 is 1.81 bits per heavy atom. The van der Waals surface area contributed by atoms with Gasteiger partial charge in [0, 0.05) is 33.0 Å². The van der Waals surface area contributed by atoms with Gasteiger partial charge in [0.05, 0.1) is 26.4 Å². The van der Waals surface area contributed by atoms with Crippen molar-refractivity contribution in [2.75, 3.05) is 52.6 Å². The number of hydrogen-bond acceptors (Lipinski definition) is 9. The van der Waals surface area contributed by atoms with Gasteiger partial charge in [-0.2, -0.15) is 0 Å². The Balaban J connectivity index is 4.98. The maximum Gasteiger partial charge on any atom is 0.312 e. The summed E-state index contributed by atoms with van der Waals surface area (Å²) in [4.78, 5) is 74.2. The average molecular weight is 683 g/mol. The summed E-state index contributed by atoms with van der Waals surface area (Å²) in [5, 5.41) is 18.6. The summed E-state index contributed by atoms with van der Waals surface area (Å²) in [6, 6.07) is -3.52. The van der Waals surface area contributed by atoms with Crippen molar-refractivity contribution in [2.45, 2.75) is 98.2 Å². The molecule has 0 saturated heterocycles. The molecule has 0 aliphatic carbocycles. The zero-order valence-electron chi connectivity index (χ0n) is 29.6. The summed E-state index contributed by atoms with van der Waals surface area (Å²) in [7, 11) is 5.30. The SMILES string of the molecule is [B]NCCCC[C@H](NC(C)=O)C(=O)NC(C(=O)N[C@@H](CCCNC(N)=O)C(=O)NCCOCCOCCNC(=O)CC(C)(C)C)C(C)C. The molecule has 274 valence electrons. The van der Waals surface area contributed by atoms with E-state index in [1.54, 1.807) is 13.8 Å². The normalized spacial score (nSPS) is 13.1. The van der Waals surface area contributed by atoms with E-state index in [4.69, 9.17) is 23.2 Å². The predicted molar refractivity (Wildman–Crippen MR) is 182 cm³/mol. The molecule has 0 aromatic heterocycles. The zero-order chi connectivity index (χ0) is 36.5. The Bertz CT molecular complexity index is 996. The Morgan fingerprint density at radius 2 is 1.27 bits per heavy atom. The van der Waals surface area contributed by atoms with Crippen LogP contribution in [0.2, 0.25) is 0 Å². The summed E-state index contributed by atoms with van der Waals surface area (Å²) in [6.45, 7) is 13.2. The van der Waals surface area contributed by atoms with Crippen molar-refractivity contribution in [3.8, 4) is 0 Å². The summed E-state index contributed by atoms with van der Waals surface area (Å²) < 4.78 is 11.0. The molecule has 2 radical (unpaired) electrons. The first kappa shape index (κ1) is 44.6. The molecule has 7 amide bonds. The van der Waals surface area contributed by atoms with Crippen LogP contribution in [0.4, 0.5) is 4.79 Å². The van der Waals surface area contributed by atoms with E-state index >= 15 is 0 Å². The molecule has 0 spiro atoms. The molecule has 0 heterocycles. The maximum absolute atomic E-state index is 13.4. The zero-order valence-corrected chi connectivity index (χ0v) is 29.6. The molecule has 0 aromatic rings. The topological polar surface area (TPSA) is 231 Å². The monoisotopic (exact) mass is 682 g/mol. The molecule has 0 aromatic carbocycles. The van der Waals surface area contributed by atoms with E-state index in [0.717, 1.165) is 0 Å². The van der Waals surface area contributed by atoms with E-state index in [2.05, 4.69) is 37.1 Å². The molecule has 0 saturated carbocycles. The lowest BCUT2D eigenvalue weighted by Crippen LogP contribution is -2.58. The number of primary amides is 1. The van der Waals surface area contributed by atoms with Crippen molar-refractivity contribution in [1.82, 2.24) is 37.1 Å². The van der Waals surface area contributed by atoms with Gasteiger partial charge in [-0.25, -0.2) is 4.79 Å². The van der Waals surface area contributed by atoms with Crippen LogP contribution in [-0.2, 0) is 33.4 Å². The van der Waals surface area contributed by atoms with Gasteiger partial charge in [-0.3, -0.25) is 24.0 Å². The van der Waals surface area contributed by atoms with E-state index in [0.29, 0.717) is 58.4 Å². The number of nitrogens with two attached hydrogens (primary N) is 1. The molecule has 17 heteroatoms. The van der Waals surface area contributed by atoms with E-state index in [-0.39, 0.29) is 55.9 Å². The van der Waals surface area contributed by atoms with Crippen LogP contribution in [0.25, 0.3) is 0 Å². The molecule has 16 nitrogen and oxygen atoms in total. The molecular weight excluding hydrogens is 623 g/mol. The molecule has 48 heavy (non-hydrogen) atoms. The van der Waals surface area contributed by atoms with E-state index in [1.807, 2.05) is 20.8 Å². The van der Waals surface area contributed by atoms with Gasteiger partial charge in [-0.1, -0.05) is 34.6 Å². The number of amides is 7. The van der Waals surface area contributed by atoms with Crippen molar-refractivity contribution in [1.29, 1.82) is 0 Å². The first-order valence-electron chi connectivity index (χ1n) is 16.6. The highest BCUT2D eigenvalue weighted by molar-refractivity contribution is 6.04. The first-order chi connectivity index (χ1) is 22.6. The van der Waals surface area contributed by atoms with Crippen molar-refractivity contribution in [3.63, 3.8) is 0 Å². The molecular formula is C31H59BN8O8. The van der Waals surface area contributed by atoms with Crippen LogP contribution in [0.5, 0.6) is 0 Å². The van der Waals surface area contributed by atoms with E-state index < -0.39 is 41.9 Å². The predicted octanol–water partition coefficient (Wildman–Crippen LogP) is -0.890. The maximum atomic E-state index is 13.4. The fourth-order valence-corrected chi connectivity index (χ4v) is 4.42. The summed E-state index contributed by atoms with van der Waals surface area (Å²) >= 11 is 0. The Labute approximate surface area is 286 Å². The lowest BCUT2D eigenvalue weighted by atomic mass is 9.92. The molecule has 0 aliphatic heterocycles. The molecule has 0 aliphatic rings. The number of rotatable bonds is 26. The van der Waals surface area contributed by atoms with Gasteiger partial charge in [0.1, 0.15) is 18.1 Å². The fraction of sp³-hybridized carbons (Fsp3) is 0.806. The van der Waals surface area contributed by atoms with Gasteiger partial charge in [0.2, 0.25) is 29.5 Å². The minimum atomic E-state index is -0.992. The fourth-order valence-electron chi connectivity index (χ4n) is 4.42. The van der Waals surface area contributed by atoms with Gasteiger partial charge >= 0.3 is 6.03 Å². The van der Waals surface area contributed by atoms with Crippen LogP contribution in [0, 0.1) is 11.3 Å². The van der Waals surface area contributed by atoms with Gasteiger partial charge in [0.25, 0.3) is 0 Å². The number of hydrogen-bond donors (Lipinski definition) is 8. The van der Waals surface area contributed by atoms with Crippen molar-refractivity contribution >= 4 is 43.5 Å². The first-order valence-corrected chi connectivity index (χ1v) is 16.6. The number of unbranched alkanes of at least 4 members (excludes halogenated alkanes) is 1. The Kier molecular flexibility index (Phi) is 23.7. The number of urea groups is 1. The van der Waals surface area contributed by atoms with Gasteiger partial charge < -0.3 is 52.3 Å². The van der Waals surface area contributed by atoms with Crippen LogP contribution in [0.3, 0.4) is 0 Å². The van der Waals surface area contributed by atoms with Crippen LogP contribution in [-0.4, -0.2) is 114 Å². The summed E-state index contributed by atoms with van der Waals surface area (Å²) in [6.07, 6.45) is 2.60. The highest BCUT2D eigenvalue weighted by atomic mass is 16.5. The highest BCUT2D eigenvalue weighted by Crippen LogP contribution is 2.17. The molecule has 3 atom stereocenters. The Hall–Kier alpha value is -3.44. The smallest absolute Gasteiger partial charge is 0.312 e. The van der Waals surface area contributed by atoms with Crippen molar-refractivity contribution in [3.05, 3.63) is 0 Å². The lowest BCUT2D eigenvalue weighted by Gasteiger charge is -2.27. The van der Waals surface area contributed by atoms with Crippen LogP contribution in [0.15, 0.2) is 0 Å². The number of carbonyl (C=O) groups excluding carboxylic acids is 6. The second-order valence-corrected chi connectivity index (χ2v) is 13.0. The highest BCUT2D eigenvalue weighted by Gasteiger charge is 2.31. The minimum absolute atomic E-state index is 0.0281. The third-order valence-corrected chi connectivity index (χ3v) is 6.78. The Morgan fingerprint density at radius 1 is 0.688 bits per heavy atom. The third-order valence-electron chi connectivity index (χ3n) is 6.78. The minimum Gasteiger partial charge on any atom is -0.377 e. The number of ether oxygens (including phenoxy) is 2. The largest absolute Gasteiger partial charge is 0.377 e. The standard InChI is InChI=1S/C31H59BN8O8/c1-21(2)26(40-28(44)24(38-22(3)41)10-7-8-13-37-32)29(45)39-23(11-9-12-36-30(33)46)27(43)35-15-17-48-19-18-47-16-14-34-25(42)20-31(4,5)6/h21,23-24,26,37H,7-20H2,1-6H3,(H,34,42)(H,35,43)(H,38,41)(H,39,45)(H,40,44)(H3,33,36,46)/t23-,24-,26?/m0/s1. The third kappa shape index (κ3) is 23.8. The van der Waals surface area contributed by atoms with Crippen molar-refractivity contribution < 1.29 is 38.2 Å². The number of carbonyl (C=O) groups is 6. The van der Waals surface area contributed by atoms with Gasteiger partial charge in [0.15, 0.2) is 7.98 Å². The second-order valence-electron chi connectivity index (χ2n) is 13.0. The molecule has 0 rings (SSSR count). The lowest BCUT2D eigenvalue weighted by molar-refractivity contribution is -0.134. The summed E-state index contributed by atoms with van der Waals surface area (Å²) in [5.74, 6) is -2.31. The van der Waals surface area contributed by atoms with Crippen molar-refractivity contribution in [2.24, 2.45) is 17.1 Å². The van der Waals surface area contributed by atoms with Crippen LogP contribution in [0.1, 0.15) is 80.1 Å². The molecule has 0 fully saturated rings. The number of nitrogens with one attached hydrogen (secondary N) is 7. The average Bonchev–Trinajstić information content (AvgIpc) is 2.98. The van der Waals surface area contributed by atoms with Gasteiger partial charge in [-0.05, 0) is 50.0 Å².